The van der Waals surface area contributed by atoms with Crippen molar-refractivity contribution in [1.82, 2.24) is 18.7 Å². The molecule has 2 unspecified atom stereocenters. The first-order valence-corrected chi connectivity index (χ1v) is 40.7. The molecule has 4 fully saturated rings. The van der Waals surface area contributed by atoms with Crippen molar-refractivity contribution in [3.05, 3.63) is 137 Å². The molecule has 0 amide bonds. The summed E-state index contributed by atoms with van der Waals surface area (Å²) in [7, 11) is -9.21. The fraction of sp³-hybridized carbons (Fsp3) is 0.643. The Bertz CT molecular complexity index is 3070. The SMILES string of the molecule is CCOCC[Si](C)(C)C.Cc1c[nH]c(=O)n(COCC[Si](C)(C)C)c1=O.Cc1cn([C@@H]2CO[C@@H]3COC(c4ccccc4)O[C@H]3[C@H]2F)c(=O)n(COCC[Si](C)(C)C)c1=O.O=S(=O)(O[C@H]1CO[C@@H]2COC(c3ccccc3)O[C@H]2[C@H]1F)C(F)(F)F. The Morgan fingerprint density at radius 1 is 0.612 bits per heavy atom. The molecule has 478 valence electrons. The molecule has 0 bridgehead atoms. The highest BCUT2D eigenvalue weighted by Gasteiger charge is 2.54. The summed E-state index contributed by atoms with van der Waals surface area (Å²) in [4.78, 5) is 51.4. The summed E-state index contributed by atoms with van der Waals surface area (Å²) in [6, 6.07) is 20.1. The number of hydrogen-bond acceptors (Lipinski definition) is 16. The summed E-state index contributed by atoms with van der Waals surface area (Å²) in [5.74, 6) is 0. The molecule has 0 aliphatic carbocycles. The molecule has 4 saturated heterocycles. The second-order valence-electron chi connectivity index (χ2n) is 24.5. The summed E-state index contributed by atoms with van der Waals surface area (Å²) < 4.78 is 147. The van der Waals surface area contributed by atoms with Gasteiger partial charge in [0.05, 0.1) is 32.5 Å². The fourth-order valence-electron chi connectivity index (χ4n) is 8.53. The third-order valence-electron chi connectivity index (χ3n) is 13.7. The van der Waals surface area contributed by atoms with E-state index >= 15 is 4.39 Å². The molecule has 0 radical (unpaired) electrons. The average molecular weight is 1280 g/mol. The molecule has 1 N–H and O–H groups in total. The number of aromatic nitrogens is 4. The third-order valence-corrected chi connectivity index (χ3v) is 19.9. The standard InChI is InChI=1S/C24H33FN2O6Si.C14H14F4O6S.C11H20N2O3Si.C7H18OSi/c1-16-12-26(24(29)27(22(16)28)15-30-10-11-34(2,3)4)18-13-31-19-14-32-23(33-21(19)20(18)25)17-8-6-5-7-9-17;15-11-9(24-25(19,20)14(16,17)18)6-21-10-7-22-13(23-12(10)11)8-4-2-1-3-5-8;1-9-7-12-11(15)13(10(9)14)8-16-5-6-17(2,3)4;1-5-8-6-7-9(2,3)4/h5-9,12,18-21,23H,10-11,13-15H2,1-4H3;1-5,9-13H,6-7H2;7H,5-6,8H2,1-4H3,(H,12,15);5-7H2,1-4H3/t18-,19-,20+,21-,23?;9-,10+,11-,12+,13?;;/m10../s1. The van der Waals surface area contributed by atoms with Crippen molar-refractivity contribution >= 4 is 34.3 Å². The zero-order valence-electron chi connectivity index (χ0n) is 50.6. The number of halogens is 5. The van der Waals surface area contributed by atoms with Gasteiger partial charge in [0.15, 0.2) is 24.9 Å². The molecular weight excluding hydrogens is 1200 g/mol. The number of benzene rings is 2. The summed E-state index contributed by atoms with van der Waals surface area (Å²) in [6.45, 7) is 28.0. The third kappa shape index (κ3) is 21.7. The van der Waals surface area contributed by atoms with Crippen LogP contribution < -0.4 is 22.5 Å². The van der Waals surface area contributed by atoms with E-state index in [0.29, 0.717) is 29.9 Å². The van der Waals surface area contributed by atoms with Gasteiger partial charge < -0.3 is 47.6 Å². The minimum absolute atomic E-state index is 0.0281. The highest BCUT2D eigenvalue weighted by Crippen LogP contribution is 2.38. The summed E-state index contributed by atoms with van der Waals surface area (Å²) in [6.07, 6.45) is -8.11. The lowest BCUT2D eigenvalue weighted by Crippen LogP contribution is -2.57. The van der Waals surface area contributed by atoms with Crippen molar-refractivity contribution < 1.29 is 77.2 Å². The molecule has 0 spiro atoms. The number of aryl methyl sites for hydroxylation is 2. The molecule has 4 aliphatic heterocycles. The van der Waals surface area contributed by atoms with Gasteiger partial charge in [-0.2, -0.15) is 21.6 Å². The van der Waals surface area contributed by atoms with Gasteiger partial charge in [0, 0.05) is 85.3 Å². The summed E-state index contributed by atoms with van der Waals surface area (Å²) in [5, 5.41) is 0. The van der Waals surface area contributed by atoms with E-state index in [1.54, 1.807) is 44.2 Å². The second kappa shape index (κ2) is 31.7. The van der Waals surface area contributed by atoms with Crippen LogP contribution in [0.2, 0.25) is 77.1 Å². The predicted octanol–water partition coefficient (Wildman–Crippen LogP) is 8.61. The first kappa shape index (κ1) is 71.4. The van der Waals surface area contributed by atoms with Crippen LogP contribution >= 0.6 is 0 Å². The van der Waals surface area contributed by atoms with Crippen molar-refractivity contribution in [2.45, 2.75) is 178 Å². The Morgan fingerprint density at radius 3 is 1.53 bits per heavy atom. The van der Waals surface area contributed by atoms with Gasteiger partial charge in [-0.05, 0) is 38.9 Å². The maximum absolute atomic E-state index is 15.8. The molecule has 0 saturated carbocycles. The molecule has 85 heavy (non-hydrogen) atoms. The number of hydrogen-bond donors (Lipinski definition) is 1. The van der Waals surface area contributed by atoms with Gasteiger partial charge in [0.25, 0.3) is 11.1 Å². The molecule has 2 aromatic heterocycles. The predicted molar refractivity (Wildman–Crippen MR) is 317 cm³/mol. The Kier molecular flexibility index (Phi) is 26.6. The van der Waals surface area contributed by atoms with Crippen LogP contribution in [0.4, 0.5) is 22.0 Å². The van der Waals surface area contributed by atoms with Crippen LogP contribution in [-0.4, -0.2) is 153 Å². The first-order chi connectivity index (χ1) is 39.7. The molecule has 29 heteroatoms. The number of aromatic amines is 1. The van der Waals surface area contributed by atoms with Crippen LogP contribution in [0.25, 0.3) is 0 Å². The number of H-pyrrole nitrogens is 1. The molecule has 10 atom stereocenters. The van der Waals surface area contributed by atoms with Gasteiger partial charge in [0.2, 0.25) is 0 Å². The van der Waals surface area contributed by atoms with E-state index in [2.05, 4.69) is 68.1 Å². The van der Waals surface area contributed by atoms with E-state index in [1.807, 2.05) is 37.3 Å². The fourth-order valence-corrected chi connectivity index (χ4v) is 11.4. The van der Waals surface area contributed by atoms with Gasteiger partial charge in [0.1, 0.15) is 44.0 Å². The van der Waals surface area contributed by atoms with Crippen molar-refractivity contribution in [1.29, 1.82) is 0 Å². The van der Waals surface area contributed by atoms with Crippen molar-refractivity contribution in [3.63, 3.8) is 0 Å². The first-order valence-electron chi connectivity index (χ1n) is 28.2. The van der Waals surface area contributed by atoms with Gasteiger partial charge in [-0.25, -0.2) is 27.5 Å². The molecule has 8 rings (SSSR count). The van der Waals surface area contributed by atoms with Crippen LogP contribution in [-0.2, 0) is 70.4 Å². The van der Waals surface area contributed by atoms with Gasteiger partial charge >= 0.3 is 27.0 Å². The molecule has 4 aliphatic rings. The maximum Gasteiger partial charge on any atom is 0.523 e. The number of rotatable bonds is 19. The lowest BCUT2D eigenvalue weighted by Gasteiger charge is -2.44. The Hall–Kier alpha value is -4.35. The average Bonchev–Trinajstić information content (AvgIpc) is 1.75. The van der Waals surface area contributed by atoms with Crippen LogP contribution in [0.1, 0.15) is 47.8 Å². The largest absolute Gasteiger partial charge is 0.523 e. The summed E-state index contributed by atoms with van der Waals surface area (Å²) in [5.41, 5.74) is -5.21. The number of nitrogens with one attached hydrogen (secondary N) is 1. The zero-order chi connectivity index (χ0) is 63.1. The van der Waals surface area contributed by atoms with Crippen LogP contribution in [0.5, 0.6) is 0 Å². The summed E-state index contributed by atoms with van der Waals surface area (Å²) >= 11 is 0. The lowest BCUT2D eigenvalue weighted by molar-refractivity contribution is -0.303. The smallest absolute Gasteiger partial charge is 0.382 e. The topological polar surface area (TPSA) is 225 Å². The quantitative estimate of drug-likeness (QED) is 0.0305. The molecular formula is C56H85F5N4O16SSi3. The van der Waals surface area contributed by atoms with Gasteiger partial charge in [-0.1, -0.05) is 120 Å². The lowest BCUT2D eigenvalue weighted by atomic mass is 9.98. The van der Waals surface area contributed by atoms with E-state index in [-0.39, 0.29) is 38.8 Å². The minimum Gasteiger partial charge on any atom is -0.382 e. The molecule has 20 nitrogen and oxygen atoms in total. The Balaban J connectivity index is 0.000000227. The van der Waals surface area contributed by atoms with Gasteiger partial charge in [-0.3, -0.25) is 18.3 Å². The van der Waals surface area contributed by atoms with Crippen LogP contribution in [0.3, 0.4) is 0 Å². The number of nitrogens with zero attached hydrogens (tertiary/aromatic N) is 3. The number of ether oxygens (including phenoxy) is 9. The molecule has 2 aromatic carbocycles. The minimum atomic E-state index is -5.94. The monoisotopic (exact) mass is 1280 g/mol. The maximum atomic E-state index is 15.8. The molecule has 6 heterocycles. The Morgan fingerprint density at radius 2 is 1.06 bits per heavy atom. The zero-order valence-corrected chi connectivity index (χ0v) is 54.4. The van der Waals surface area contributed by atoms with Crippen LogP contribution in [0, 0.1) is 13.8 Å². The van der Waals surface area contributed by atoms with E-state index < -0.39 is 125 Å². The highest BCUT2D eigenvalue weighted by molar-refractivity contribution is 7.87. The molecule has 4 aromatic rings. The van der Waals surface area contributed by atoms with E-state index in [0.717, 1.165) is 40.0 Å². The Labute approximate surface area is 496 Å². The van der Waals surface area contributed by atoms with E-state index in [9.17, 15) is 45.2 Å². The number of alkyl halides is 5. The van der Waals surface area contributed by atoms with Crippen LogP contribution in [0.15, 0.2) is 92.2 Å². The van der Waals surface area contributed by atoms with Crippen molar-refractivity contribution in [3.8, 4) is 0 Å². The number of fused-ring (bicyclic) bond motifs is 2. The van der Waals surface area contributed by atoms with E-state index in [1.165, 1.54) is 23.0 Å². The normalized spacial score (nSPS) is 24.5. The van der Waals surface area contributed by atoms with Gasteiger partial charge in [-0.15, -0.1) is 0 Å². The second-order valence-corrected chi connectivity index (χ2v) is 43.0. The highest BCUT2D eigenvalue weighted by atomic mass is 32.2. The van der Waals surface area contributed by atoms with Crippen molar-refractivity contribution in [2.24, 2.45) is 0 Å². The van der Waals surface area contributed by atoms with E-state index in [4.69, 9.17) is 42.6 Å². The van der Waals surface area contributed by atoms with Crippen molar-refractivity contribution in [2.75, 3.05) is 52.9 Å².